The summed E-state index contributed by atoms with van der Waals surface area (Å²) in [6.45, 7) is 6.16. The Hall–Kier alpha value is -2.15. The number of non-ortho nitro benzene ring substituents is 1. The first-order chi connectivity index (χ1) is 11.6. The van der Waals surface area contributed by atoms with Gasteiger partial charge in [0.25, 0.3) is 5.69 Å². The quantitative estimate of drug-likeness (QED) is 0.264. The van der Waals surface area contributed by atoms with Gasteiger partial charge < -0.3 is 15.7 Å². The van der Waals surface area contributed by atoms with Crippen molar-refractivity contribution in [2.45, 2.75) is 39.7 Å². The van der Waals surface area contributed by atoms with E-state index in [0.717, 1.165) is 37.9 Å². The maximum absolute atomic E-state index is 10.8. The van der Waals surface area contributed by atoms with Crippen molar-refractivity contribution >= 4 is 11.6 Å². The smallest absolute Gasteiger partial charge is 0.269 e. The van der Waals surface area contributed by atoms with Crippen molar-refractivity contribution in [1.82, 2.24) is 10.6 Å². The Morgan fingerprint density at radius 3 is 2.75 bits per heavy atom. The van der Waals surface area contributed by atoms with Gasteiger partial charge in [-0.05, 0) is 31.2 Å². The van der Waals surface area contributed by atoms with E-state index in [0.29, 0.717) is 18.4 Å². The van der Waals surface area contributed by atoms with Gasteiger partial charge in [0.05, 0.1) is 11.5 Å². The van der Waals surface area contributed by atoms with Crippen LogP contribution in [0, 0.1) is 16.0 Å². The molecule has 1 atom stereocenters. The summed E-state index contributed by atoms with van der Waals surface area (Å²) in [4.78, 5) is 14.9. The third-order valence-electron chi connectivity index (χ3n) is 3.68. The second kappa shape index (κ2) is 11.4. The van der Waals surface area contributed by atoms with Crippen molar-refractivity contribution in [2.75, 3.05) is 19.7 Å². The molecular weight excluding hydrogens is 308 g/mol. The van der Waals surface area contributed by atoms with Crippen LogP contribution in [-0.2, 0) is 6.54 Å². The predicted octanol–water partition coefficient (Wildman–Crippen LogP) is 2.45. The number of nitrogens with one attached hydrogen (secondary N) is 2. The molecule has 7 heteroatoms. The highest BCUT2D eigenvalue weighted by Crippen LogP contribution is 2.14. The van der Waals surface area contributed by atoms with E-state index >= 15 is 0 Å². The van der Waals surface area contributed by atoms with E-state index in [1.807, 2.05) is 13.0 Å². The number of guanidine groups is 1. The first-order valence-corrected chi connectivity index (χ1v) is 8.47. The van der Waals surface area contributed by atoms with Crippen molar-refractivity contribution in [1.29, 1.82) is 0 Å². The highest BCUT2D eigenvalue weighted by Gasteiger charge is 2.09. The van der Waals surface area contributed by atoms with Gasteiger partial charge in [0, 0.05) is 31.8 Å². The summed E-state index contributed by atoms with van der Waals surface area (Å²) in [6.07, 6.45) is 2.90. The minimum Gasteiger partial charge on any atom is -0.396 e. The highest BCUT2D eigenvalue weighted by molar-refractivity contribution is 5.79. The number of aliphatic hydroxyl groups excluding tert-OH is 1. The Labute approximate surface area is 143 Å². The molecule has 3 N–H and O–H groups in total. The second-order valence-corrected chi connectivity index (χ2v) is 5.67. The van der Waals surface area contributed by atoms with E-state index in [1.54, 1.807) is 12.1 Å². The van der Waals surface area contributed by atoms with E-state index in [4.69, 9.17) is 5.11 Å². The number of nitro benzene ring substituents is 1. The number of rotatable bonds is 10. The Morgan fingerprint density at radius 1 is 1.33 bits per heavy atom. The fourth-order valence-corrected chi connectivity index (χ4v) is 2.46. The van der Waals surface area contributed by atoms with Gasteiger partial charge >= 0.3 is 0 Å². The molecule has 0 aromatic heterocycles. The molecule has 0 aliphatic rings. The molecule has 0 saturated carbocycles. The average Bonchev–Trinajstić information content (AvgIpc) is 2.57. The molecule has 0 spiro atoms. The number of nitrogens with zero attached hydrogens (tertiary/aromatic N) is 2. The van der Waals surface area contributed by atoms with Gasteiger partial charge in [0.2, 0.25) is 0 Å². The van der Waals surface area contributed by atoms with Gasteiger partial charge in [-0.25, -0.2) is 4.99 Å². The van der Waals surface area contributed by atoms with Crippen LogP contribution in [0.25, 0.3) is 0 Å². The third-order valence-corrected chi connectivity index (χ3v) is 3.68. The van der Waals surface area contributed by atoms with Crippen molar-refractivity contribution in [3.63, 3.8) is 0 Å². The second-order valence-electron chi connectivity index (χ2n) is 5.67. The first kappa shape index (κ1) is 19.9. The molecule has 1 rings (SSSR count). The third kappa shape index (κ3) is 7.41. The Balaban J connectivity index is 2.67. The van der Waals surface area contributed by atoms with Crippen molar-refractivity contribution in [3.8, 4) is 0 Å². The van der Waals surface area contributed by atoms with Crippen LogP contribution in [0.4, 0.5) is 5.69 Å². The molecule has 7 nitrogen and oxygen atoms in total. The molecule has 24 heavy (non-hydrogen) atoms. The summed E-state index contributed by atoms with van der Waals surface area (Å²) in [7, 11) is 0. The highest BCUT2D eigenvalue weighted by atomic mass is 16.6. The lowest BCUT2D eigenvalue weighted by Gasteiger charge is -2.18. The molecule has 0 heterocycles. The van der Waals surface area contributed by atoms with Crippen molar-refractivity contribution in [3.05, 3.63) is 39.9 Å². The van der Waals surface area contributed by atoms with E-state index in [-0.39, 0.29) is 12.3 Å². The lowest BCUT2D eigenvalue weighted by atomic mass is 10.0. The standard InChI is InChI=1S/C17H28N4O3/c1-3-6-14(9-10-22)12-19-17(18-4-2)20-13-15-7-5-8-16(11-15)21(23)24/h5,7-8,11,14,22H,3-4,6,9-10,12-13H2,1-2H3,(H2,18,19,20). The Bertz CT molecular complexity index is 528. The predicted molar refractivity (Wildman–Crippen MR) is 96.0 cm³/mol. The van der Waals surface area contributed by atoms with E-state index in [2.05, 4.69) is 22.5 Å². The van der Waals surface area contributed by atoms with Crippen molar-refractivity contribution < 1.29 is 10.0 Å². The van der Waals surface area contributed by atoms with Gasteiger partial charge in [0.1, 0.15) is 0 Å². The first-order valence-electron chi connectivity index (χ1n) is 8.47. The molecule has 1 unspecified atom stereocenters. The zero-order valence-electron chi connectivity index (χ0n) is 14.5. The summed E-state index contributed by atoms with van der Waals surface area (Å²) in [5.41, 5.74) is 0.869. The number of hydrogen-bond acceptors (Lipinski definition) is 4. The summed E-state index contributed by atoms with van der Waals surface area (Å²) in [5.74, 6) is 1.09. The number of nitro groups is 1. The summed E-state index contributed by atoms with van der Waals surface area (Å²) < 4.78 is 0. The monoisotopic (exact) mass is 336 g/mol. The van der Waals surface area contributed by atoms with Crippen LogP contribution in [0.5, 0.6) is 0 Å². The topological polar surface area (TPSA) is 99.8 Å². The van der Waals surface area contributed by atoms with Crippen LogP contribution in [0.15, 0.2) is 29.3 Å². The number of aliphatic imine (C=N–C) groups is 1. The molecule has 0 aliphatic carbocycles. The summed E-state index contributed by atoms with van der Waals surface area (Å²) in [6, 6.07) is 6.51. The Kier molecular flexibility index (Phi) is 9.45. The van der Waals surface area contributed by atoms with E-state index in [1.165, 1.54) is 6.07 Å². The lowest BCUT2D eigenvalue weighted by molar-refractivity contribution is -0.384. The van der Waals surface area contributed by atoms with Gasteiger partial charge in [-0.15, -0.1) is 0 Å². The minimum absolute atomic E-state index is 0.0756. The SMILES string of the molecule is CCCC(CCO)CNC(=NCc1cccc([N+](=O)[O-])c1)NCC. The minimum atomic E-state index is -0.402. The zero-order chi connectivity index (χ0) is 17.8. The Morgan fingerprint density at radius 2 is 2.12 bits per heavy atom. The van der Waals surface area contributed by atoms with Crippen LogP contribution < -0.4 is 10.6 Å². The van der Waals surface area contributed by atoms with Crippen LogP contribution in [0.1, 0.15) is 38.7 Å². The molecule has 0 fully saturated rings. The fourth-order valence-electron chi connectivity index (χ4n) is 2.46. The van der Waals surface area contributed by atoms with Gasteiger partial charge in [0.15, 0.2) is 5.96 Å². The molecule has 1 aromatic rings. The lowest BCUT2D eigenvalue weighted by Crippen LogP contribution is -2.40. The molecular formula is C17H28N4O3. The van der Waals surface area contributed by atoms with Crippen molar-refractivity contribution in [2.24, 2.45) is 10.9 Å². The van der Waals surface area contributed by atoms with Crippen LogP contribution in [-0.4, -0.2) is 35.7 Å². The molecule has 1 aromatic carbocycles. The van der Waals surface area contributed by atoms with Gasteiger partial charge in [-0.3, -0.25) is 10.1 Å². The zero-order valence-corrected chi connectivity index (χ0v) is 14.5. The number of aliphatic hydroxyl groups is 1. The molecule has 0 aliphatic heterocycles. The van der Waals surface area contributed by atoms with E-state index < -0.39 is 4.92 Å². The normalized spacial score (nSPS) is 12.7. The van der Waals surface area contributed by atoms with Crippen LogP contribution in [0.2, 0.25) is 0 Å². The molecule has 0 saturated heterocycles. The number of benzene rings is 1. The maximum atomic E-state index is 10.8. The van der Waals surface area contributed by atoms with E-state index in [9.17, 15) is 10.1 Å². The molecule has 134 valence electrons. The molecule has 0 amide bonds. The summed E-state index contributed by atoms with van der Waals surface area (Å²) >= 11 is 0. The number of hydrogen-bond donors (Lipinski definition) is 3. The largest absolute Gasteiger partial charge is 0.396 e. The summed E-state index contributed by atoms with van der Waals surface area (Å²) in [5, 5.41) is 26.4. The van der Waals surface area contributed by atoms with Gasteiger partial charge in [-0.1, -0.05) is 25.5 Å². The van der Waals surface area contributed by atoms with Crippen LogP contribution in [0.3, 0.4) is 0 Å². The molecule has 0 bridgehead atoms. The fraction of sp³-hybridized carbons (Fsp3) is 0.588. The average molecular weight is 336 g/mol. The van der Waals surface area contributed by atoms with Gasteiger partial charge in [-0.2, -0.15) is 0 Å². The maximum Gasteiger partial charge on any atom is 0.269 e. The molecule has 0 radical (unpaired) electrons. The van der Waals surface area contributed by atoms with Crippen LogP contribution >= 0.6 is 0 Å².